The molecular weight excluding hydrogens is 314 g/mol. The molecule has 2 aromatic heterocycles. The van der Waals surface area contributed by atoms with Crippen LogP contribution in [0, 0.1) is 11.3 Å². The maximum atomic E-state index is 12.5. The van der Waals surface area contributed by atoms with E-state index in [0.29, 0.717) is 10.9 Å². The fraction of sp³-hybridized carbons (Fsp3) is 0.562. The molecule has 2 aromatic rings. The smallest absolute Gasteiger partial charge is 0.275 e. The first-order chi connectivity index (χ1) is 10.8. The molecule has 1 saturated carbocycles. The second-order valence-corrected chi connectivity index (χ2v) is 8.13. The molecule has 2 N–H and O–H groups in total. The molecule has 1 aliphatic rings. The van der Waals surface area contributed by atoms with E-state index in [-0.39, 0.29) is 17.0 Å². The molecule has 2 heterocycles. The van der Waals surface area contributed by atoms with Gasteiger partial charge in [0.1, 0.15) is 0 Å². The molecule has 124 valence electrons. The number of nitrogens with zero attached hydrogens (tertiary/aromatic N) is 2. The van der Waals surface area contributed by atoms with Gasteiger partial charge in [-0.2, -0.15) is 4.98 Å². The predicted molar refractivity (Wildman–Crippen MR) is 89.1 cm³/mol. The fourth-order valence-electron chi connectivity index (χ4n) is 3.78. The van der Waals surface area contributed by atoms with Crippen molar-refractivity contribution in [2.45, 2.75) is 46.1 Å². The Morgan fingerprint density at radius 1 is 1.48 bits per heavy atom. The normalized spacial score (nSPS) is 23.8. The molecule has 1 aliphatic carbocycles. The number of amides is 1. The number of nitrogens with one attached hydrogen (secondary N) is 1. The van der Waals surface area contributed by atoms with Gasteiger partial charge in [0.25, 0.3) is 11.5 Å². The van der Waals surface area contributed by atoms with Gasteiger partial charge in [0.15, 0.2) is 10.5 Å². The summed E-state index contributed by atoms with van der Waals surface area (Å²) in [4.78, 5) is 29.2. The van der Waals surface area contributed by atoms with Crippen molar-refractivity contribution in [1.29, 1.82) is 0 Å². The second-order valence-electron chi connectivity index (χ2n) is 7.25. The highest BCUT2D eigenvalue weighted by atomic mass is 32.1. The molecule has 0 aromatic carbocycles. The van der Waals surface area contributed by atoms with Crippen LogP contribution in [0.3, 0.4) is 0 Å². The Morgan fingerprint density at radius 2 is 2.22 bits per heavy atom. The molecule has 2 atom stereocenters. The average molecular weight is 335 g/mol. The van der Waals surface area contributed by atoms with E-state index < -0.39 is 17.3 Å². The van der Waals surface area contributed by atoms with Gasteiger partial charge in [0, 0.05) is 17.6 Å². The zero-order chi connectivity index (χ0) is 16.8. The minimum atomic E-state index is -0.546. The number of aromatic nitrogens is 2. The number of rotatable bonds is 2. The maximum Gasteiger partial charge on any atom is 0.275 e. The van der Waals surface area contributed by atoms with Crippen LogP contribution in [-0.4, -0.2) is 26.4 Å². The van der Waals surface area contributed by atoms with E-state index in [4.69, 9.17) is 0 Å². The molecule has 0 saturated heterocycles. The van der Waals surface area contributed by atoms with Crippen molar-refractivity contribution in [1.82, 2.24) is 14.7 Å². The first-order valence-corrected chi connectivity index (χ1v) is 8.64. The molecule has 6 nitrogen and oxygen atoms in total. The number of carbonyl (C=O) groups is 1. The lowest BCUT2D eigenvalue weighted by molar-refractivity contribution is 0.0869. The van der Waals surface area contributed by atoms with Crippen molar-refractivity contribution in [2.24, 2.45) is 11.3 Å². The van der Waals surface area contributed by atoms with Crippen LogP contribution in [0.4, 0.5) is 0 Å². The Hall–Kier alpha value is -1.89. The lowest BCUT2D eigenvalue weighted by Crippen LogP contribution is -2.44. The van der Waals surface area contributed by atoms with Crippen LogP contribution in [-0.2, 0) is 0 Å². The maximum absolute atomic E-state index is 12.5. The zero-order valence-corrected chi connectivity index (χ0v) is 14.3. The van der Waals surface area contributed by atoms with Crippen molar-refractivity contribution in [3.05, 3.63) is 27.5 Å². The fourth-order valence-corrected chi connectivity index (χ4v) is 4.48. The van der Waals surface area contributed by atoms with Crippen molar-refractivity contribution < 1.29 is 9.90 Å². The summed E-state index contributed by atoms with van der Waals surface area (Å²) in [6.45, 7) is 6.55. The van der Waals surface area contributed by atoms with Crippen molar-refractivity contribution in [3.8, 4) is 5.88 Å². The van der Waals surface area contributed by atoms with Gasteiger partial charge < -0.3 is 10.4 Å². The number of fused-ring (bicyclic) bond motifs is 1. The number of hydrogen-bond acceptors (Lipinski definition) is 5. The van der Waals surface area contributed by atoms with Crippen molar-refractivity contribution in [2.75, 3.05) is 0 Å². The summed E-state index contributed by atoms with van der Waals surface area (Å²) in [6.07, 6.45) is 4.41. The largest absolute Gasteiger partial charge is 0.492 e. The molecule has 23 heavy (non-hydrogen) atoms. The zero-order valence-electron chi connectivity index (χ0n) is 13.5. The van der Waals surface area contributed by atoms with E-state index in [2.05, 4.69) is 31.1 Å². The number of carbonyl (C=O) groups excluding carboxylic acids is 1. The lowest BCUT2D eigenvalue weighted by Gasteiger charge is -2.39. The average Bonchev–Trinajstić information content (AvgIpc) is 2.84. The summed E-state index contributed by atoms with van der Waals surface area (Å²) < 4.78 is 1.28. The van der Waals surface area contributed by atoms with E-state index in [1.54, 1.807) is 11.6 Å². The van der Waals surface area contributed by atoms with E-state index in [1.165, 1.54) is 15.7 Å². The summed E-state index contributed by atoms with van der Waals surface area (Å²) in [5.74, 6) is -0.537. The third kappa shape index (κ3) is 3.10. The number of thiazole rings is 1. The molecular formula is C16H21N3O3S. The van der Waals surface area contributed by atoms with E-state index in [9.17, 15) is 14.7 Å². The Bertz CT molecular complexity index is 808. The Morgan fingerprint density at radius 3 is 2.91 bits per heavy atom. The Labute approximate surface area is 138 Å². The van der Waals surface area contributed by atoms with Gasteiger partial charge in [-0.25, -0.2) is 0 Å². The Balaban J connectivity index is 1.88. The van der Waals surface area contributed by atoms with Gasteiger partial charge >= 0.3 is 0 Å². The highest BCUT2D eigenvalue weighted by Crippen LogP contribution is 2.38. The van der Waals surface area contributed by atoms with Crippen LogP contribution in [0.2, 0.25) is 0 Å². The first kappa shape index (κ1) is 16.0. The quantitative estimate of drug-likeness (QED) is 0.883. The molecule has 0 bridgehead atoms. The second kappa shape index (κ2) is 5.63. The van der Waals surface area contributed by atoms with Gasteiger partial charge in [0.2, 0.25) is 5.88 Å². The van der Waals surface area contributed by atoms with Crippen molar-refractivity contribution >= 4 is 22.2 Å². The summed E-state index contributed by atoms with van der Waals surface area (Å²) in [7, 11) is 0. The number of aromatic hydroxyl groups is 1. The van der Waals surface area contributed by atoms with Crippen LogP contribution in [0.1, 0.15) is 50.4 Å². The predicted octanol–water partition coefficient (Wildman–Crippen LogP) is 2.41. The number of hydrogen-bond donors (Lipinski definition) is 2. The van der Waals surface area contributed by atoms with Gasteiger partial charge in [0.05, 0.1) is 0 Å². The SMILES string of the molecule is CC1CC(NC(=O)c2c(O)nc3sccn3c2=O)CC(C)(C)C1. The molecule has 1 fully saturated rings. The van der Waals surface area contributed by atoms with Gasteiger partial charge in [-0.05, 0) is 30.6 Å². The minimum Gasteiger partial charge on any atom is -0.492 e. The van der Waals surface area contributed by atoms with E-state index >= 15 is 0 Å². The molecule has 0 aliphatic heterocycles. The highest BCUT2D eigenvalue weighted by Gasteiger charge is 2.33. The van der Waals surface area contributed by atoms with Crippen LogP contribution in [0.15, 0.2) is 16.4 Å². The van der Waals surface area contributed by atoms with Crippen LogP contribution in [0.25, 0.3) is 4.96 Å². The molecule has 2 unspecified atom stereocenters. The highest BCUT2D eigenvalue weighted by molar-refractivity contribution is 7.15. The summed E-state index contributed by atoms with van der Waals surface area (Å²) in [6, 6.07) is 0.00298. The first-order valence-electron chi connectivity index (χ1n) is 7.76. The van der Waals surface area contributed by atoms with Crippen LogP contribution < -0.4 is 10.9 Å². The molecule has 0 spiro atoms. The topological polar surface area (TPSA) is 83.7 Å². The van der Waals surface area contributed by atoms with Gasteiger partial charge in [-0.3, -0.25) is 14.0 Å². The monoisotopic (exact) mass is 335 g/mol. The summed E-state index contributed by atoms with van der Waals surface area (Å²) in [5.41, 5.74) is -0.659. The van der Waals surface area contributed by atoms with Crippen molar-refractivity contribution in [3.63, 3.8) is 0 Å². The van der Waals surface area contributed by atoms with E-state index in [1.807, 2.05) is 0 Å². The summed E-state index contributed by atoms with van der Waals surface area (Å²) in [5, 5.41) is 14.6. The Kier molecular flexibility index (Phi) is 3.91. The summed E-state index contributed by atoms with van der Waals surface area (Å²) >= 11 is 1.23. The third-order valence-electron chi connectivity index (χ3n) is 4.40. The minimum absolute atomic E-state index is 0.00298. The van der Waals surface area contributed by atoms with Gasteiger partial charge in [-0.15, -0.1) is 11.3 Å². The molecule has 7 heteroatoms. The third-order valence-corrected chi connectivity index (χ3v) is 5.15. The standard InChI is InChI=1S/C16H21N3O3S/c1-9-6-10(8-16(2,3)7-9)17-12(20)11-13(21)18-15-19(14(11)22)4-5-23-15/h4-5,9-10,21H,6-8H2,1-3H3,(H,17,20). The molecule has 3 rings (SSSR count). The lowest BCUT2D eigenvalue weighted by atomic mass is 9.70. The van der Waals surface area contributed by atoms with Crippen LogP contribution in [0.5, 0.6) is 5.88 Å². The van der Waals surface area contributed by atoms with Crippen LogP contribution >= 0.6 is 11.3 Å². The molecule has 1 amide bonds. The van der Waals surface area contributed by atoms with Gasteiger partial charge in [-0.1, -0.05) is 20.8 Å². The molecule has 0 radical (unpaired) electrons. The van der Waals surface area contributed by atoms with E-state index in [0.717, 1.165) is 19.3 Å².